The molecule has 1 aromatic carbocycles. The minimum Gasteiger partial charge on any atom is -0.294 e. The minimum atomic E-state index is 0.282. The predicted octanol–water partition coefficient (Wildman–Crippen LogP) is 4.16. The Kier molecular flexibility index (Phi) is 2.66. The van der Waals surface area contributed by atoms with Gasteiger partial charge in [0.05, 0.1) is 5.52 Å². The summed E-state index contributed by atoms with van der Waals surface area (Å²) in [6.07, 6.45) is 5.00. The number of benzene rings is 1. The van der Waals surface area contributed by atoms with Crippen LogP contribution in [0.15, 0.2) is 30.3 Å². The first-order chi connectivity index (χ1) is 9.70. The van der Waals surface area contributed by atoms with E-state index in [9.17, 15) is 4.79 Å². The lowest BCUT2D eigenvalue weighted by molar-refractivity contribution is 0.0875. The number of aryl methyl sites for hydroxylation is 1. The molecule has 2 saturated carbocycles. The van der Waals surface area contributed by atoms with Crippen molar-refractivity contribution in [1.82, 2.24) is 4.98 Å². The third-order valence-electron chi connectivity index (χ3n) is 5.19. The fourth-order valence-electron chi connectivity index (χ4n) is 4.16. The van der Waals surface area contributed by atoms with E-state index in [0.29, 0.717) is 11.7 Å². The molecule has 0 aliphatic heterocycles. The zero-order valence-electron chi connectivity index (χ0n) is 11.8. The number of carbonyl (C=O) groups excluding carboxylic acids is 1. The maximum Gasteiger partial charge on any atom is 0.166 e. The van der Waals surface area contributed by atoms with Crippen molar-refractivity contribution in [3.05, 3.63) is 41.6 Å². The van der Waals surface area contributed by atoms with Crippen molar-refractivity contribution < 1.29 is 4.79 Å². The van der Waals surface area contributed by atoms with Gasteiger partial charge in [0.1, 0.15) is 0 Å². The fourth-order valence-corrected chi connectivity index (χ4v) is 4.16. The van der Waals surface area contributed by atoms with Crippen molar-refractivity contribution in [2.75, 3.05) is 0 Å². The van der Waals surface area contributed by atoms with Gasteiger partial charge in [-0.15, -0.1) is 0 Å². The van der Waals surface area contributed by atoms with Gasteiger partial charge in [-0.2, -0.15) is 0 Å². The second kappa shape index (κ2) is 4.41. The molecule has 0 amide bonds. The number of aromatic nitrogens is 1. The van der Waals surface area contributed by atoms with E-state index < -0.39 is 0 Å². The van der Waals surface area contributed by atoms with Crippen LogP contribution in [0.2, 0.25) is 0 Å². The van der Waals surface area contributed by atoms with Gasteiger partial charge in [-0.05, 0) is 62.3 Å². The van der Waals surface area contributed by atoms with Crippen molar-refractivity contribution >= 4 is 16.7 Å². The molecule has 2 nitrogen and oxygen atoms in total. The van der Waals surface area contributed by atoms with Gasteiger partial charge in [0, 0.05) is 22.6 Å². The molecule has 102 valence electrons. The quantitative estimate of drug-likeness (QED) is 0.763. The largest absolute Gasteiger partial charge is 0.294 e. The van der Waals surface area contributed by atoms with E-state index in [-0.39, 0.29) is 5.92 Å². The Balaban J connectivity index is 1.68. The monoisotopic (exact) mass is 265 g/mol. The summed E-state index contributed by atoms with van der Waals surface area (Å²) < 4.78 is 0. The highest BCUT2D eigenvalue weighted by atomic mass is 16.1. The minimum absolute atomic E-state index is 0.282. The molecule has 0 spiro atoms. The second-order valence-electron chi connectivity index (χ2n) is 6.51. The standard InChI is InChI=1S/C18H19NO/c1-11-2-4-14-10-15(6-7-17(14)19-11)18(20)16-9-12-3-5-13(16)8-12/h2,4,6-7,10,12-13,16H,3,5,8-9H2,1H3. The van der Waals surface area contributed by atoms with Gasteiger partial charge in [0.2, 0.25) is 0 Å². The van der Waals surface area contributed by atoms with Crippen LogP contribution in [0.3, 0.4) is 0 Å². The molecule has 2 aliphatic rings. The highest BCUT2D eigenvalue weighted by molar-refractivity contribution is 6.01. The molecule has 0 N–H and O–H groups in total. The zero-order valence-corrected chi connectivity index (χ0v) is 11.8. The summed E-state index contributed by atoms with van der Waals surface area (Å²) in [7, 11) is 0. The first kappa shape index (κ1) is 12.1. The van der Waals surface area contributed by atoms with E-state index in [0.717, 1.165) is 34.5 Å². The molecule has 20 heavy (non-hydrogen) atoms. The summed E-state index contributed by atoms with van der Waals surface area (Å²) in [6.45, 7) is 1.99. The van der Waals surface area contributed by atoms with Crippen LogP contribution < -0.4 is 0 Å². The van der Waals surface area contributed by atoms with E-state index in [1.54, 1.807) is 0 Å². The lowest BCUT2D eigenvalue weighted by atomic mass is 9.83. The summed E-state index contributed by atoms with van der Waals surface area (Å²) in [5.41, 5.74) is 2.87. The number of nitrogens with zero attached hydrogens (tertiary/aromatic N) is 1. The molecule has 2 heteroatoms. The molecule has 1 aromatic heterocycles. The van der Waals surface area contributed by atoms with Gasteiger partial charge < -0.3 is 0 Å². The molecule has 3 atom stereocenters. The maximum absolute atomic E-state index is 12.7. The van der Waals surface area contributed by atoms with Crippen molar-refractivity contribution in [2.24, 2.45) is 17.8 Å². The molecule has 2 fully saturated rings. The molecular weight excluding hydrogens is 246 g/mol. The molecule has 2 bridgehead atoms. The van der Waals surface area contributed by atoms with E-state index in [1.807, 2.05) is 31.2 Å². The lowest BCUT2D eigenvalue weighted by Crippen LogP contribution is -2.21. The molecule has 3 unspecified atom stereocenters. The van der Waals surface area contributed by atoms with Crippen LogP contribution in [0.1, 0.15) is 41.7 Å². The predicted molar refractivity (Wildman–Crippen MR) is 79.7 cm³/mol. The van der Waals surface area contributed by atoms with E-state index in [4.69, 9.17) is 0 Å². The SMILES string of the molecule is Cc1ccc2cc(C(=O)C3CC4CCC3C4)ccc2n1. The van der Waals surface area contributed by atoms with Gasteiger partial charge in [0.25, 0.3) is 0 Å². The molecule has 0 saturated heterocycles. The Morgan fingerprint density at radius 1 is 1.15 bits per heavy atom. The zero-order chi connectivity index (χ0) is 13.7. The van der Waals surface area contributed by atoms with Crippen LogP contribution in [0, 0.1) is 24.7 Å². The normalized spacial score (nSPS) is 28.1. The van der Waals surface area contributed by atoms with Crippen LogP contribution in [-0.2, 0) is 0 Å². The van der Waals surface area contributed by atoms with Crippen LogP contribution in [0.4, 0.5) is 0 Å². The first-order valence-electron chi connectivity index (χ1n) is 7.62. The second-order valence-corrected chi connectivity index (χ2v) is 6.51. The summed E-state index contributed by atoms with van der Waals surface area (Å²) in [5, 5.41) is 1.07. The van der Waals surface area contributed by atoms with Crippen molar-refractivity contribution in [3.63, 3.8) is 0 Å². The summed E-state index contributed by atoms with van der Waals surface area (Å²) >= 11 is 0. The summed E-state index contributed by atoms with van der Waals surface area (Å²) in [4.78, 5) is 17.2. The van der Waals surface area contributed by atoms with Crippen LogP contribution in [0.25, 0.3) is 10.9 Å². The van der Waals surface area contributed by atoms with Crippen LogP contribution in [-0.4, -0.2) is 10.8 Å². The Hall–Kier alpha value is -1.70. The molecule has 2 aliphatic carbocycles. The van der Waals surface area contributed by atoms with Crippen molar-refractivity contribution in [1.29, 1.82) is 0 Å². The van der Waals surface area contributed by atoms with E-state index >= 15 is 0 Å². The number of fused-ring (bicyclic) bond motifs is 3. The average molecular weight is 265 g/mol. The molecule has 4 rings (SSSR count). The topological polar surface area (TPSA) is 30.0 Å². The van der Waals surface area contributed by atoms with Gasteiger partial charge >= 0.3 is 0 Å². The Morgan fingerprint density at radius 3 is 2.80 bits per heavy atom. The maximum atomic E-state index is 12.7. The summed E-state index contributed by atoms with van der Waals surface area (Å²) in [5.74, 6) is 2.11. The number of ketones is 1. The van der Waals surface area contributed by atoms with Crippen molar-refractivity contribution in [3.8, 4) is 0 Å². The molecular formula is C18H19NO. The van der Waals surface area contributed by atoms with Crippen LogP contribution >= 0.6 is 0 Å². The van der Waals surface area contributed by atoms with E-state index in [2.05, 4.69) is 11.1 Å². The average Bonchev–Trinajstić information content (AvgIpc) is 3.08. The van der Waals surface area contributed by atoms with E-state index in [1.165, 1.54) is 19.3 Å². The number of rotatable bonds is 2. The number of carbonyl (C=O) groups is 1. The van der Waals surface area contributed by atoms with Crippen molar-refractivity contribution in [2.45, 2.75) is 32.6 Å². The van der Waals surface area contributed by atoms with Gasteiger partial charge in [-0.3, -0.25) is 9.78 Å². The molecule has 0 radical (unpaired) electrons. The first-order valence-corrected chi connectivity index (χ1v) is 7.62. The lowest BCUT2D eigenvalue weighted by Gasteiger charge is -2.20. The number of pyridine rings is 1. The highest BCUT2D eigenvalue weighted by Gasteiger charge is 2.43. The Bertz CT molecular complexity index is 691. The number of hydrogen-bond acceptors (Lipinski definition) is 2. The number of Topliss-reactive ketones (excluding diaryl/α,β-unsaturated/α-hetero) is 1. The Labute approximate surface area is 119 Å². The summed E-state index contributed by atoms with van der Waals surface area (Å²) in [6, 6.07) is 10.0. The Morgan fingerprint density at radius 2 is 2.05 bits per heavy atom. The van der Waals surface area contributed by atoms with Gasteiger partial charge in [-0.1, -0.05) is 12.5 Å². The number of hydrogen-bond donors (Lipinski definition) is 0. The highest BCUT2D eigenvalue weighted by Crippen LogP contribution is 2.49. The molecule has 2 aromatic rings. The third kappa shape index (κ3) is 1.86. The van der Waals surface area contributed by atoms with Gasteiger partial charge in [-0.25, -0.2) is 0 Å². The molecule has 1 heterocycles. The smallest absolute Gasteiger partial charge is 0.166 e. The van der Waals surface area contributed by atoms with Crippen LogP contribution in [0.5, 0.6) is 0 Å². The fraction of sp³-hybridized carbons (Fsp3) is 0.444. The third-order valence-corrected chi connectivity index (χ3v) is 5.19. The van der Waals surface area contributed by atoms with Gasteiger partial charge in [0.15, 0.2) is 5.78 Å².